The van der Waals surface area contributed by atoms with Crippen LogP contribution in [0.5, 0.6) is 5.88 Å². The molecule has 68 valence electrons. The molecule has 0 spiro atoms. The van der Waals surface area contributed by atoms with Gasteiger partial charge in [0, 0.05) is 6.08 Å². The number of aromatic nitrogens is 2. The summed E-state index contributed by atoms with van der Waals surface area (Å²) in [5.41, 5.74) is 4.17. The van der Waals surface area contributed by atoms with Crippen molar-refractivity contribution in [3.05, 3.63) is 28.3 Å². The maximum absolute atomic E-state index is 11.0. The van der Waals surface area contributed by atoms with Crippen LogP contribution < -0.4 is 11.3 Å². The first-order valence-electron chi connectivity index (χ1n) is 3.35. The lowest BCUT2D eigenvalue weighted by atomic mass is 10.3. The van der Waals surface area contributed by atoms with E-state index in [-0.39, 0.29) is 5.56 Å². The largest absolute Gasteiger partial charge is 0.493 e. The molecule has 0 aliphatic carbocycles. The molecule has 4 N–H and O–H groups in total. The SMILES string of the molecule is NC(=O)C=Cc1c(O)nc[nH]c1=O. The van der Waals surface area contributed by atoms with Crippen molar-refractivity contribution in [2.45, 2.75) is 0 Å². The topological polar surface area (TPSA) is 109 Å². The predicted octanol–water partition coefficient (Wildman–Crippen LogP) is -1.03. The first kappa shape index (κ1) is 8.98. The van der Waals surface area contributed by atoms with Gasteiger partial charge in [0.25, 0.3) is 5.56 Å². The number of hydrogen-bond acceptors (Lipinski definition) is 4. The standard InChI is InChI=1S/C7H7N3O3/c8-5(11)2-1-4-6(12)9-3-10-7(4)13/h1-3H,(H2,8,11)(H2,9,10,12,13). The monoisotopic (exact) mass is 181 g/mol. The van der Waals surface area contributed by atoms with Crippen LogP contribution in [0, 0.1) is 0 Å². The van der Waals surface area contributed by atoms with E-state index in [9.17, 15) is 9.59 Å². The Bertz CT molecular complexity index is 408. The number of rotatable bonds is 2. The fraction of sp³-hybridized carbons (Fsp3) is 0. The van der Waals surface area contributed by atoms with Crippen molar-refractivity contribution in [2.24, 2.45) is 5.73 Å². The molecule has 0 aliphatic rings. The fourth-order valence-corrected chi connectivity index (χ4v) is 0.717. The number of nitrogens with zero attached hydrogens (tertiary/aromatic N) is 1. The normalized spacial score (nSPS) is 10.5. The molecular formula is C7H7N3O3. The third-order valence-electron chi connectivity index (χ3n) is 1.28. The highest BCUT2D eigenvalue weighted by Crippen LogP contribution is 2.07. The van der Waals surface area contributed by atoms with E-state index >= 15 is 0 Å². The van der Waals surface area contributed by atoms with Crippen molar-refractivity contribution < 1.29 is 9.90 Å². The second-order valence-corrected chi connectivity index (χ2v) is 2.20. The van der Waals surface area contributed by atoms with E-state index < -0.39 is 17.3 Å². The van der Waals surface area contributed by atoms with Gasteiger partial charge in [0.2, 0.25) is 11.8 Å². The van der Waals surface area contributed by atoms with Crippen LogP contribution in [0.25, 0.3) is 6.08 Å². The van der Waals surface area contributed by atoms with E-state index in [4.69, 9.17) is 10.8 Å². The summed E-state index contributed by atoms with van der Waals surface area (Å²) in [4.78, 5) is 27.0. The summed E-state index contributed by atoms with van der Waals surface area (Å²) in [7, 11) is 0. The highest BCUT2D eigenvalue weighted by Gasteiger charge is 2.02. The van der Waals surface area contributed by atoms with Gasteiger partial charge in [-0.2, -0.15) is 0 Å². The van der Waals surface area contributed by atoms with Crippen molar-refractivity contribution in [2.75, 3.05) is 0 Å². The average Bonchev–Trinajstić information content (AvgIpc) is 2.03. The molecule has 0 saturated heterocycles. The molecule has 0 unspecified atom stereocenters. The summed E-state index contributed by atoms with van der Waals surface area (Å²) >= 11 is 0. The second kappa shape index (κ2) is 3.53. The Labute approximate surface area is 72.7 Å². The van der Waals surface area contributed by atoms with Crippen molar-refractivity contribution in [3.63, 3.8) is 0 Å². The molecule has 6 nitrogen and oxygen atoms in total. The summed E-state index contributed by atoms with van der Waals surface area (Å²) in [6.45, 7) is 0. The lowest BCUT2D eigenvalue weighted by Crippen LogP contribution is -2.11. The van der Waals surface area contributed by atoms with Gasteiger partial charge < -0.3 is 15.8 Å². The fourth-order valence-electron chi connectivity index (χ4n) is 0.717. The molecule has 0 fully saturated rings. The highest BCUT2D eigenvalue weighted by atomic mass is 16.3. The van der Waals surface area contributed by atoms with E-state index in [1.807, 2.05) is 0 Å². The minimum absolute atomic E-state index is 0.0960. The van der Waals surface area contributed by atoms with Crippen LogP contribution in [0.15, 0.2) is 17.2 Å². The van der Waals surface area contributed by atoms with Gasteiger partial charge in [-0.05, 0) is 6.08 Å². The molecule has 1 rings (SSSR count). The zero-order valence-electron chi connectivity index (χ0n) is 6.52. The van der Waals surface area contributed by atoms with E-state index in [1.165, 1.54) is 0 Å². The lowest BCUT2D eigenvalue weighted by Gasteiger charge is -1.93. The van der Waals surface area contributed by atoms with E-state index in [0.717, 1.165) is 18.5 Å². The Morgan fingerprint density at radius 2 is 2.38 bits per heavy atom. The Balaban J connectivity index is 3.14. The smallest absolute Gasteiger partial charge is 0.261 e. The first-order valence-corrected chi connectivity index (χ1v) is 3.35. The molecule has 1 aromatic heterocycles. The van der Waals surface area contributed by atoms with Crippen LogP contribution in [0.4, 0.5) is 0 Å². The molecule has 0 saturated carbocycles. The van der Waals surface area contributed by atoms with Crippen molar-refractivity contribution in [1.82, 2.24) is 9.97 Å². The number of amides is 1. The van der Waals surface area contributed by atoms with Crippen LogP contribution in [0.2, 0.25) is 0 Å². The summed E-state index contributed by atoms with van der Waals surface area (Å²) < 4.78 is 0. The van der Waals surface area contributed by atoms with Gasteiger partial charge in [-0.1, -0.05) is 0 Å². The van der Waals surface area contributed by atoms with Gasteiger partial charge in [0.1, 0.15) is 5.56 Å². The number of nitrogens with one attached hydrogen (secondary N) is 1. The first-order chi connectivity index (χ1) is 6.11. The lowest BCUT2D eigenvalue weighted by molar-refractivity contribution is -0.113. The zero-order valence-corrected chi connectivity index (χ0v) is 6.52. The molecule has 1 aromatic rings. The summed E-state index contributed by atoms with van der Waals surface area (Å²) in [5, 5.41) is 9.07. The summed E-state index contributed by atoms with van der Waals surface area (Å²) in [6.07, 6.45) is 3.12. The number of carbonyl (C=O) groups is 1. The number of carbonyl (C=O) groups excluding carboxylic acids is 1. The maximum Gasteiger partial charge on any atom is 0.261 e. The third-order valence-corrected chi connectivity index (χ3v) is 1.28. The third kappa shape index (κ3) is 2.16. The van der Waals surface area contributed by atoms with Gasteiger partial charge >= 0.3 is 0 Å². The van der Waals surface area contributed by atoms with Crippen LogP contribution in [-0.4, -0.2) is 21.0 Å². The van der Waals surface area contributed by atoms with Crippen molar-refractivity contribution in [3.8, 4) is 5.88 Å². The van der Waals surface area contributed by atoms with Gasteiger partial charge in [0.05, 0.1) is 6.33 Å². The second-order valence-electron chi connectivity index (χ2n) is 2.20. The molecule has 6 heteroatoms. The predicted molar refractivity (Wildman–Crippen MR) is 44.8 cm³/mol. The minimum Gasteiger partial charge on any atom is -0.493 e. The molecule has 1 heterocycles. The molecule has 0 atom stereocenters. The Hall–Kier alpha value is -2.11. The van der Waals surface area contributed by atoms with Crippen LogP contribution in [-0.2, 0) is 4.79 Å². The van der Waals surface area contributed by atoms with E-state index in [0.29, 0.717) is 0 Å². The van der Waals surface area contributed by atoms with Gasteiger partial charge in [0.15, 0.2) is 0 Å². The van der Waals surface area contributed by atoms with Crippen LogP contribution >= 0.6 is 0 Å². The van der Waals surface area contributed by atoms with Crippen LogP contribution in [0.3, 0.4) is 0 Å². The molecule has 0 aliphatic heterocycles. The van der Waals surface area contributed by atoms with Crippen LogP contribution in [0.1, 0.15) is 5.56 Å². The van der Waals surface area contributed by atoms with Gasteiger partial charge in [-0.25, -0.2) is 4.98 Å². The zero-order chi connectivity index (χ0) is 9.84. The van der Waals surface area contributed by atoms with Gasteiger partial charge in [-0.15, -0.1) is 0 Å². The highest BCUT2D eigenvalue weighted by molar-refractivity contribution is 5.90. The molecule has 0 aromatic carbocycles. The van der Waals surface area contributed by atoms with Gasteiger partial charge in [-0.3, -0.25) is 9.59 Å². The van der Waals surface area contributed by atoms with E-state index in [2.05, 4.69) is 9.97 Å². The maximum atomic E-state index is 11.0. The number of nitrogens with two attached hydrogens (primary N) is 1. The number of primary amides is 1. The van der Waals surface area contributed by atoms with Crippen molar-refractivity contribution in [1.29, 1.82) is 0 Å². The van der Waals surface area contributed by atoms with E-state index in [1.54, 1.807) is 0 Å². The number of H-pyrrole nitrogens is 1. The van der Waals surface area contributed by atoms with Crippen molar-refractivity contribution >= 4 is 12.0 Å². The number of hydrogen-bond donors (Lipinski definition) is 3. The molecular weight excluding hydrogens is 174 g/mol. The quantitative estimate of drug-likeness (QED) is 0.507. The Morgan fingerprint density at radius 1 is 1.69 bits per heavy atom. The minimum atomic E-state index is -0.706. The Morgan fingerprint density at radius 3 is 2.92 bits per heavy atom. The molecule has 0 bridgehead atoms. The molecule has 13 heavy (non-hydrogen) atoms. The number of aromatic hydroxyl groups is 1. The Kier molecular flexibility index (Phi) is 2.44. The number of aromatic amines is 1. The molecule has 0 radical (unpaired) electrons. The summed E-state index contributed by atoms with van der Waals surface area (Å²) in [6, 6.07) is 0. The summed E-state index contributed by atoms with van der Waals surface area (Å²) in [5.74, 6) is -1.15. The average molecular weight is 181 g/mol. The molecule has 1 amide bonds.